The van der Waals surface area contributed by atoms with Crippen LogP contribution in [0.25, 0.3) is 0 Å². The summed E-state index contributed by atoms with van der Waals surface area (Å²) in [6.07, 6.45) is 0. The highest BCUT2D eigenvalue weighted by Crippen LogP contribution is 2.72. The Morgan fingerprint density at radius 2 is 1.89 bits per heavy atom. The summed E-state index contributed by atoms with van der Waals surface area (Å²) < 4.78 is 2.73. The minimum atomic E-state index is 0.300. The van der Waals surface area contributed by atoms with Crippen LogP contribution in [-0.2, 0) is 7.05 Å². The van der Waals surface area contributed by atoms with Gasteiger partial charge in [-0.3, -0.25) is 0 Å². The van der Waals surface area contributed by atoms with E-state index >= 15 is 0 Å². The van der Waals surface area contributed by atoms with E-state index in [-0.39, 0.29) is 0 Å². The van der Waals surface area contributed by atoms with Crippen molar-refractivity contribution in [3.05, 3.63) is 10.3 Å². The van der Waals surface area contributed by atoms with Crippen LogP contribution in [-0.4, -0.2) is 21.5 Å². The van der Waals surface area contributed by atoms with E-state index in [4.69, 9.17) is 0 Å². The molecule has 18 heavy (non-hydrogen) atoms. The van der Waals surface area contributed by atoms with Gasteiger partial charge < -0.3 is 5.32 Å². The Balaban J connectivity index is 2.38. The predicted octanol–water partition coefficient (Wildman–Crippen LogP) is 2.91. The minimum absolute atomic E-state index is 0.300. The maximum atomic E-state index is 4.11. The molecular weight excluding hydrogens is 292 g/mol. The first-order chi connectivity index (χ1) is 8.25. The molecule has 0 spiro atoms. The molecule has 0 aromatic carbocycles. The lowest BCUT2D eigenvalue weighted by atomic mass is 10.0. The lowest BCUT2D eigenvalue weighted by molar-refractivity contribution is 0.395. The van der Waals surface area contributed by atoms with Crippen molar-refractivity contribution in [3.8, 4) is 0 Å². The van der Waals surface area contributed by atoms with Gasteiger partial charge in [0.05, 0.1) is 11.7 Å². The molecule has 0 amide bonds. The van der Waals surface area contributed by atoms with Gasteiger partial charge in [0.1, 0.15) is 0 Å². The maximum Gasteiger partial charge on any atom is 0.153 e. The van der Waals surface area contributed by atoms with Crippen LogP contribution in [0.3, 0.4) is 0 Å². The Morgan fingerprint density at radius 3 is 2.22 bits per heavy atom. The van der Waals surface area contributed by atoms with Gasteiger partial charge in [-0.15, -0.1) is 5.10 Å². The fourth-order valence-corrected chi connectivity index (χ4v) is 3.92. The zero-order valence-electron chi connectivity index (χ0n) is 12.1. The fourth-order valence-electron chi connectivity index (χ4n) is 3.34. The van der Waals surface area contributed by atoms with Gasteiger partial charge in [0.25, 0.3) is 0 Å². The Hall–Kier alpha value is -0.420. The molecule has 0 saturated heterocycles. The third-order valence-electron chi connectivity index (χ3n) is 5.01. The highest BCUT2D eigenvalue weighted by molar-refractivity contribution is 9.10. The largest absolute Gasteiger partial charge is 0.309 e. The highest BCUT2D eigenvalue weighted by atomic mass is 79.9. The van der Waals surface area contributed by atoms with Crippen LogP contribution in [0.15, 0.2) is 4.60 Å². The average molecular weight is 315 g/mol. The van der Waals surface area contributed by atoms with Gasteiger partial charge in [-0.25, -0.2) is 4.68 Å². The van der Waals surface area contributed by atoms with Crippen LogP contribution < -0.4 is 5.32 Å². The van der Waals surface area contributed by atoms with E-state index in [1.165, 1.54) is 0 Å². The number of aryl methyl sites for hydroxylation is 1. The van der Waals surface area contributed by atoms with Gasteiger partial charge in [-0.2, -0.15) is 0 Å². The molecule has 1 saturated carbocycles. The number of hydrogen-bond acceptors (Lipinski definition) is 3. The summed E-state index contributed by atoms with van der Waals surface area (Å²) >= 11 is 3.52. The molecule has 1 heterocycles. The van der Waals surface area contributed by atoms with Gasteiger partial charge in [0.15, 0.2) is 4.60 Å². The number of halogens is 1. The van der Waals surface area contributed by atoms with Crippen LogP contribution in [0.2, 0.25) is 0 Å². The third kappa shape index (κ3) is 1.83. The molecule has 1 aromatic rings. The van der Waals surface area contributed by atoms with E-state index in [0.717, 1.165) is 16.8 Å². The Morgan fingerprint density at radius 1 is 1.33 bits per heavy atom. The first kappa shape index (κ1) is 14.0. The molecule has 0 bridgehead atoms. The summed E-state index contributed by atoms with van der Waals surface area (Å²) in [5, 5.41) is 11.8. The van der Waals surface area contributed by atoms with E-state index < -0.39 is 0 Å². The van der Waals surface area contributed by atoms with Crippen molar-refractivity contribution in [2.24, 2.45) is 23.8 Å². The summed E-state index contributed by atoms with van der Waals surface area (Å²) in [6, 6.07) is 0.300. The molecule has 1 fully saturated rings. The molecule has 4 nitrogen and oxygen atoms in total. The van der Waals surface area contributed by atoms with Crippen molar-refractivity contribution in [3.63, 3.8) is 0 Å². The van der Waals surface area contributed by atoms with E-state index in [1.54, 1.807) is 0 Å². The first-order valence-corrected chi connectivity index (χ1v) is 7.33. The fraction of sp³-hybridized carbons (Fsp3) is 0.846. The van der Waals surface area contributed by atoms with Crippen LogP contribution in [0.1, 0.15) is 46.4 Å². The van der Waals surface area contributed by atoms with Gasteiger partial charge in [-0.05, 0) is 39.2 Å². The van der Waals surface area contributed by atoms with E-state index in [2.05, 4.69) is 66.2 Å². The number of rotatable bonds is 4. The summed E-state index contributed by atoms with van der Waals surface area (Å²) in [5.41, 5.74) is 1.83. The molecule has 1 aliphatic rings. The van der Waals surface area contributed by atoms with Crippen LogP contribution in [0, 0.1) is 16.7 Å². The van der Waals surface area contributed by atoms with Crippen molar-refractivity contribution in [2.75, 3.05) is 6.54 Å². The first-order valence-electron chi connectivity index (χ1n) is 6.53. The maximum absolute atomic E-state index is 4.11. The van der Waals surface area contributed by atoms with Gasteiger partial charge >= 0.3 is 0 Å². The number of hydrogen-bond donors (Lipinski definition) is 1. The molecule has 1 aliphatic carbocycles. The summed E-state index contributed by atoms with van der Waals surface area (Å²) in [5.74, 6) is 0.596. The summed E-state index contributed by atoms with van der Waals surface area (Å²) in [6.45, 7) is 12.5. The third-order valence-corrected chi connectivity index (χ3v) is 5.58. The Labute approximate surface area is 118 Å². The van der Waals surface area contributed by atoms with Crippen LogP contribution in [0.4, 0.5) is 0 Å². The van der Waals surface area contributed by atoms with Crippen molar-refractivity contribution in [2.45, 2.75) is 40.7 Å². The molecule has 0 radical (unpaired) electrons. The Kier molecular flexibility index (Phi) is 3.35. The molecule has 2 rings (SSSR count). The molecule has 102 valence electrons. The van der Waals surface area contributed by atoms with Crippen molar-refractivity contribution >= 4 is 15.9 Å². The molecule has 5 heteroatoms. The van der Waals surface area contributed by atoms with Gasteiger partial charge in [-0.1, -0.05) is 39.8 Å². The molecule has 0 aliphatic heterocycles. The zero-order chi connectivity index (χ0) is 13.7. The van der Waals surface area contributed by atoms with Crippen molar-refractivity contribution in [1.29, 1.82) is 0 Å². The van der Waals surface area contributed by atoms with E-state index in [0.29, 0.717) is 22.8 Å². The van der Waals surface area contributed by atoms with Gasteiger partial charge in [0, 0.05) is 7.05 Å². The lowest BCUT2D eigenvalue weighted by Crippen LogP contribution is -2.27. The van der Waals surface area contributed by atoms with Crippen molar-refractivity contribution in [1.82, 2.24) is 20.3 Å². The normalized spacial score (nSPS) is 23.1. The molecule has 1 atom stereocenters. The smallest absolute Gasteiger partial charge is 0.153 e. The molecule has 1 unspecified atom stereocenters. The zero-order valence-corrected chi connectivity index (χ0v) is 13.7. The number of nitrogens with zero attached hydrogens (tertiary/aromatic N) is 3. The summed E-state index contributed by atoms with van der Waals surface area (Å²) in [7, 11) is 1.96. The Bertz CT molecular complexity index is 416. The highest BCUT2D eigenvalue weighted by Gasteiger charge is 2.67. The average Bonchev–Trinajstić information content (AvgIpc) is 2.53. The second kappa shape index (κ2) is 4.30. The standard InChI is InChI=1S/C13H23BrN4/c1-7-15-8(9-11(14)16-17-18(9)6)10-12(2,3)13(10,4)5/h8,10,15H,7H2,1-6H3. The minimum Gasteiger partial charge on any atom is -0.309 e. The second-order valence-corrected chi connectivity index (χ2v) is 7.10. The molecule has 1 aromatic heterocycles. The SMILES string of the molecule is CCNC(c1c(Br)nnn1C)C1C(C)(C)C1(C)C. The number of nitrogens with one attached hydrogen (secondary N) is 1. The van der Waals surface area contributed by atoms with Crippen LogP contribution in [0.5, 0.6) is 0 Å². The van der Waals surface area contributed by atoms with Crippen LogP contribution >= 0.6 is 15.9 Å². The number of aromatic nitrogens is 3. The van der Waals surface area contributed by atoms with E-state index in [9.17, 15) is 0 Å². The monoisotopic (exact) mass is 314 g/mol. The topological polar surface area (TPSA) is 42.7 Å². The second-order valence-electron chi connectivity index (χ2n) is 6.35. The quantitative estimate of drug-likeness (QED) is 0.929. The summed E-state index contributed by atoms with van der Waals surface area (Å²) in [4.78, 5) is 0. The van der Waals surface area contributed by atoms with Gasteiger partial charge in [0.2, 0.25) is 0 Å². The molecule has 1 N–H and O–H groups in total. The molecular formula is C13H23BrN4. The predicted molar refractivity (Wildman–Crippen MR) is 76.2 cm³/mol. The lowest BCUT2D eigenvalue weighted by Gasteiger charge is -2.20. The van der Waals surface area contributed by atoms with Crippen molar-refractivity contribution < 1.29 is 0 Å². The van der Waals surface area contributed by atoms with E-state index in [1.807, 2.05) is 11.7 Å².